The monoisotopic (exact) mass is 417 g/mol. The van der Waals surface area contributed by atoms with Crippen molar-refractivity contribution in [2.75, 3.05) is 19.3 Å². The molecule has 1 aromatic heterocycles. The maximum atomic E-state index is 13.0. The SMILES string of the molecule is CSc1ccc(C(=O)C2CCCN(Cc3cnc(-c4ccccc4C)nc3)C2)cc1. The number of carbonyl (C=O) groups is 1. The van der Waals surface area contributed by atoms with Gasteiger partial charge in [0.25, 0.3) is 0 Å². The summed E-state index contributed by atoms with van der Waals surface area (Å²) in [6, 6.07) is 16.2. The van der Waals surface area contributed by atoms with Crippen LogP contribution in [0.4, 0.5) is 0 Å². The summed E-state index contributed by atoms with van der Waals surface area (Å²) in [7, 11) is 0. The Morgan fingerprint density at radius 2 is 1.83 bits per heavy atom. The number of ketones is 1. The first-order valence-corrected chi connectivity index (χ1v) is 11.6. The minimum atomic E-state index is 0.0611. The van der Waals surface area contributed by atoms with Gasteiger partial charge >= 0.3 is 0 Å². The number of piperidine rings is 1. The lowest BCUT2D eigenvalue weighted by molar-refractivity contribution is 0.0811. The summed E-state index contributed by atoms with van der Waals surface area (Å²) in [5.41, 5.74) is 4.16. The van der Waals surface area contributed by atoms with Crippen molar-refractivity contribution in [2.24, 2.45) is 5.92 Å². The van der Waals surface area contributed by atoms with Gasteiger partial charge in [0.05, 0.1) is 0 Å². The fourth-order valence-corrected chi connectivity index (χ4v) is 4.47. The molecule has 3 aromatic rings. The standard InChI is InChI=1S/C25H27N3OS/c1-18-6-3-4-8-23(18)25-26-14-19(15-27-25)16-28-13-5-7-21(17-28)24(29)20-9-11-22(30-2)12-10-20/h3-4,6,8-12,14-15,21H,5,7,13,16-17H2,1-2H3. The Bertz CT molecular complexity index is 1000. The molecule has 1 aliphatic rings. The Hall–Kier alpha value is -2.50. The third-order valence-corrected chi connectivity index (χ3v) is 6.49. The summed E-state index contributed by atoms with van der Waals surface area (Å²) >= 11 is 1.70. The van der Waals surface area contributed by atoms with Crippen LogP contribution in [0.2, 0.25) is 0 Å². The Kier molecular flexibility index (Phi) is 6.60. The number of thioether (sulfide) groups is 1. The number of benzene rings is 2. The molecule has 0 N–H and O–H groups in total. The summed E-state index contributed by atoms with van der Waals surface area (Å²) in [5.74, 6) is 1.08. The van der Waals surface area contributed by atoms with Crippen LogP contribution in [-0.4, -0.2) is 40.0 Å². The number of rotatable bonds is 6. The molecule has 1 atom stereocenters. The van der Waals surface area contributed by atoms with Crippen LogP contribution in [0.1, 0.15) is 34.3 Å². The van der Waals surface area contributed by atoms with Crippen molar-refractivity contribution in [3.63, 3.8) is 0 Å². The van der Waals surface area contributed by atoms with Crippen LogP contribution in [0.3, 0.4) is 0 Å². The molecule has 154 valence electrons. The minimum absolute atomic E-state index is 0.0611. The molecule has 2 aromatic carbocycles. The van der Waals surface area contributed by atoms with Gasteiger partial charge in [-0.1, -0.05) is 36.4 Å². The molecule has 0 spiro atoms. The van der Waals surface area contributed by atoms with Gasteiger partial charge < -0.3 is 0 Å². The van der Waals surface area contributed by atoms with Crippen molar-refractivity contribution in [2.45, 2.75) is 31.2 Å². The predicted octanol–water partition coefficient (Wildman–Crippen LogP) is 5.27. The fourth-order valence-electron chi connectivity index (χ4n) is 4.06. The molecule has 0 aliphatic carbocycles. The highest BCUT2D eigenvalue weighted by Gasteiger charge is 2.26. The average Bonchev–Trinajstić information content (AvgIpc) is 2.80. The van der Waals surface area contributed by atoms with Crippen LogP contribution in [0, 0.1) is 12.8 Å². The number of Topliss-reactive ketones (excluding diaryl/α,β-unsaturated/α-hetero) is 1. The molecule has 30 heavy (non-hydrogen) atoms. The summed E-state index contributed by atoms with van der Waals surface area (Å²) in [6.45, 7) is 4.66. The lowest BCUT2D eigenvalue weighted by Gasteiger charge is -2.32. The smallest absolute Gasteiger partial charge is 0.167 e. The highest BCUT2D eigenvalue weighted by molar-refractivity contribution is 7.98. The lowest BCUT2D eigenvalue weighted by Crippen LogP contribution is -2.38. The minimum Gasteiger partial charge on any atom is -0.298 e. The van der Waals surface area contributed by atoms with E-state index in [4.69, 9.17) is 0 Å². The number of likely N-dealkylation sites (tertiary alicyclic amines) is 1. The molecule has 0 bridgehead atoms. The van der Waals surface area contributed by atoms with Crippen LogP contribution in [0.25, 0.3) is 11.4 Å². The first kappa shape index (κ1) is 20.8. The molecule has 2 heterocycles. The normalized spacial score (nSPS) is 17.1. The lowest BCUT2D eigenvalue weighted by atomic mass is 9.90. The van der Waals surface area contributed by atoms with E-state index in [1.54, 1.807) is 11.8 Å². The molecule has 4 nitrogen and oxygen atoms in total. The number of hydrogen-bond donors (Lipinski definition) is 0. The summed E-state index contributed by atoms with van der Waals surface area (Å²) < 4.78 is 0. The van der Waals surface area contributed by atoms with Gasteiger partial charge in [-0.25, -0.2) is 9.97 Å². The summed E-state index contributed by atoms with van der Waals surface area (Å²) in [5, 5.41) is 0. The van der Waals surface area contributed by atoms with Gasteiger partial charge in [-0.05, 0) is 50.3 Å². The van der Waals surface area contributed by atoms with Crippen LogP contribution < -0.4 is 0 Å². The second-order valence-electron chi connectivity index (χ2n) is 7.90. The number of hydrogen-bond acceptors (Lipinski definition) is 5. The van der Waals surface area contributed by atoms with Crippen molar-refractivity contribution < 1.29 is 4.79 Å². The molecule has 4 rings (SSSR count). The summed E-state index contributed by atoms with van der Waals surface area (Å²) in [4.78, 5) is 25.7. The number of aryl methyl sites for hydroxylation is 1. The van der Waals surface area contributed by atoms with Crippen molar-refractivity contribution in [3.8, 4) is 11.4 Å². The molecule has 0 radical (unpaired) electrons. The van der Waals surface area contributed by atoms with Crippen molar-refractivity contribution >= 4 is 17.5 Å². The zero-order valence-corrected chi connectivity index (χ0v) is 18.4. The van der Waals surface area contributed by atoms with Crippen LogP contribution in [0.15, 0.2) is 65.8 Å². The van der Waals surface area contributed by atoms with E-state index >= 15 is 0 Å². The quantitative estimate of drug-likeness (QED) is 0.404. The molecular weight excluding hydrogens is 390 g/mol. The molecular formula is C25H27N3OS. The van der Waals surface area contributed by atoms with Crippen molar-refractivity contribution in [1.29, 1.82) is 0 Å². The van der Waals surface area contributed by atoms with Gasteiger partial charge in [0.2, 0.25) is 0 Å². The predicted molar refractivity (Wildman–Crippen MR) is 123 cm³/mol. The highest BCUT2D eigenvalue weighted by Crippen LogP contribution is 2.24. The Balaban J connectivity index is 1.40. The van der Waals surface area contributed by atoms with Gasteiger partial charge in [0.15, 0.2) is 11.6 Å². The first-order chi connectivity index (χ1) is 14.6. The highest BCUT2D eigenvalue weighted by atomic mass is 32.2. The van der Waals surface area contributed by atoms with E-state index in [-0.39, 0.29) is 11.7 Å². The molecule has 1 fully saturated rings. The van der Waals surface area contributed by atoms with E-state index in [1.165, 1.54) is 10.5 Å². The number of nitrogens with zero attached hydrogens (tertiary/aromatic N) is 3. The van der Waals surface area contributed by atoms with Crippen LogP contribution in [-0.2, 0) is 6.54 Å². The average molecular weight is 418 g/mol. The first-order valence-electron chi connectivity index (χ1n) is 10.4. The van der Waals surface area contributed by atoms with Gasteiger partial charge in [0.1, 0.15) is 0 Å². The fraction of sp³-hybridized carbons (Fsp3) is 0.320. The van der Waals surface area contributed by atoms with Crippen LogP contribution >= 0.6 is 11.8 Å². The van der Waals surface area contributed by atoms with Gasteiger partial charge in [-0.2, -0.15) is 0 Å². The Labute approximate surface area is 182 Å². The van der Waals surface area contributed by atoms with Gasteiger partial charge in [0, 0.05) is 53.0 Å². The van der Waals surface area contributed by atoms with E-state index in [1.807, 2.05) is 55.0 Å². The zero-order valence-electron chi connectivity index (χ0n) is 17.5. The largest absolute Gasteiger partial charge is 0.298 e. The molecule has 1 aliphatic heterocycles. The van der Waals surface area contributed by atoms with E-state index in [9.17, 15) is 4.79 Å². The molecule has 5 heteroatoms. The van der Waals surface area contributed by atoms with Crippen molar-refractivity contribution in [1.82, 2.24) is 14.9 Å². The van der Waals surface area contributed by atoms with Crippen molar-refractivity contribution in [3.05, 3.63) is 77.6 Å². The van der Waals surface area contributed by atoms with E-state index in [0.717, 1.165) is 55.0 Å². The molecule has 0 amide bonds. The van der Waals surface area contributed by atoms with Gasteiger partial charge in [-0.3, -0.25) is 9.69 Å². The third kappa shape index (κ3) is 4.79. The number of aromatic nitrogens is 2. The Morgan fingerprint density at radius 3 is 2.53 bits per heavy atom. The van der Waals surface area contributed by atoms with E-state index in [0.29, 0.717) is 0 Å². The second-order valence-corrected chi connectivity index (χ2v) is 8.78. The van der Waals surface area contributed by atoms with Crippen LogP contribution in [0.5, 0.6) is 0 Å². The second kappa shape index (κ2) is 9.54. The topological polar surface area (TPSA) is 46.1 Å². The zero-order chi connectivity index (χ0) is 20.9. The molecule has 0 saturated carbocycles. The third-order valence-electron chi connectivity index (χ3n) is 5.75. The maximum Gasteiger partial charge on any atom is 0.167 e. The van der Waals surface area contributed by atoms with E-state index in [2.05, 4.69) is 33.9 Å². The van der Waals surface area contributed by atoms with Gasteiger partial charge in [-0.15, -0.1) is 11.8 Å². The summed E-state index contributed by atoms with van der Waals surface area (Å²) in [6.07, 6.45) is 7.89. The maximum absolute atomic E-state index is 13.0. The number of carbonyl (C=O) groups excluding carboxylic acids is 1. The molecule has 1 unspecified atom stereocenters. The van der Waals surface area contributed by atoms with E-state index < -0.39 is 0 Å². The Morgan fingerprint density at radius 1 is 1.10 bits per heavy atom. The molecule has 1 saturated heterocycles.